The summed E-state index contributed by atoms with van der Waals surface area (Å²) in [5.41, 5.74) is 21.3. The molecular weight excluding hydrogens is 1450 g/mol. The first-order valence-corrected chi connectivity index (χ1v) is 39.6. The molecule has 16 aromatic carbocycles. The second kappa shape index (κ2) is 24.0. The number of hydrogen-bond donors (Lipinski definition) is 1. The van der Waals surface area contributed by atoms with Gasteiger partial charge in [-0.3, -0.25) is 0 Å². The molecule has 1 atom stereocenters. The molecule has 25 aromatic rings. The number of rotatable bonds is 9. The third-order valence-corrected chi connectivity index (χ3v) is 24.9. The molecule has 116 heavy (non-hydrogen) atoms. The number of para-hydroxylation sites is 4. The van der Waals surface area contributed by atoms with Crippen LogP contribution in [0.2, 0.25) is 0 Å². The first kappa shape index (κ1) is 63.2. The SMILES string of the molecule is c1ccc(C2=NC(c3cccc4c3oc3ccc(-c5cccc6c5c5ccccc5n6-c5ccc6c(c5)oc5c6ccc6oc7ccc(-c8nc(-c9ccccc9)nc(-c9cccc%10c9sc9ccccc9%10)n8)cc7c65)cc34)=NC(c3ccc4oc5c(ccc6c7ccc(-n8c9ccccc9c9ccccc98)cc7oc65)c4c3)N2)cc1. The van der Waals surface area contributed by atoms with E-state index in [1.165, 1.54) is 26.2 Å². The van der Waals surface area contributed by atoms with E-state index in [2.05, 4.69) is 275 Å². The monoisotopic (exact) mass is 1500 g/mol. The summed E-state index contributed by atoms with van der Waals surface area (Å²) in [4.78, 5) is 26.4. The molecule has 0 fully saturated rings. The van der Waals surface area contributed by atoms with E-state index in [-0.39, 0.29) is 0 Å². The van der Waals surface area contributed by atoms with E-state index < -0.39 is 6.17 Å². The van der Waals surface area contributed by atoms with Crippen LogP contribution in [0.15, 0.2) is 360 Å². The fraction of sp³-hybridized carbons (Fsp3) is 0.00980. The lowest BCUT2D eigenvalue weighted by Crippen LogP contribution is -2.33. The molecule has 0 saturated heterocycles. The third-order valence-electron chi connectivity index (χ3n) is 23.7. The maximum atomic E-state index is 7.14. The van der Waals surface area contributed by atoms with E-state index in [4.69, 9.17) is 47.0 Å². The Bertz CT molecular complexity index is 8610. The molecule has 26 rings (SSSR count). The first-order valence-electron chi connectivity index (χ1n) is 38.8. The molecule has 0 amide bonds. The fourth-order valence-corrected chi connectivity index (χ4v) is 19.6. The van der Waals surface area contributed by atoms with Crippen molar-refractivity contribution in [3.05, 3.63) is 344 Å². The number of aliphatic imine (C=N–C) groups is 2. The van der Waals surface area contributed by atoms with Gasteiger partial charge in [-0.25, -0.2) is 24.9 Å². The standard InChI is InChI=1S/C102H56N8O5S/c1-3-18-55(19-4-1)97-103-99(58-37-47-84-77(51-58)71-44-43-70-66-42-39-60(53-88(66)115-94(70)95(71)113-84)109-79-31-11-7-22-63(79)64-23-8-12-32-80(64)109)107-101(105-97)74-29-15-27-68-76-50-57(36-46-83(76)112-92(68)74)62-26-17-34-82-90(62)73-25-9-13-33-81(73)110(82)61-40-41-65-69-45-49-86-91(93(69)114-87(65)54-61)78-52-59(38-48-85(78)111-86)100-104-98(56-20-5-2-6-21-56)106-102(108-100)75-30-16-28-72-67-24-10-14-35-89(67)116-96(72)75/h1-54,99H,(H,103,105,107). The quantitative estimate of drug-likeness (QED) is 0.149. The van der Waals surface area contributed by atoms with Gasteiger partial charge in [-0.1, -0.05) is 182 Å². The molecule has 1 N–H and O–H groups in total. The van der Waals surface area contributed by atoms with Crippen molar-refractivity contribution in [3.8, 4) is 56.7 Å². The lowest BCUT2D eigenvalue weighted by Gasteiger charge is -2.23. The number of amidine groups is 2. The zero-order chi connectivity index (χ0) is 75.5. The molecule has 0 spiro atoms. The fourth-order valence-electron chi connectivity index (χ4n) is 18.4. The van der Waals surface area contributed by atoms with Crippen LogP contribution >= 0.6 is 11.3 Å². The van der Waals surface area contributed by atoms with E-state index in [1.54, 1.807) is 11.3 Å². The van der Waals surface area contributed by atoms with Crippen molar-refractivity contribution in [2.24, 2.45) is 9.98 Å². The topological polar surface area (TPSA) is 151 Å². The Balaban J connectivity index is 0.552. The lowest BCUT2D eigenvalue weighted by atomic mass is 9.97. The van der Waals surface area contributed by atoms with Crippen molar-refractivity contribution in [1.29, 1.82) is 0 Å². The van der Waals surface area contributed by atoms with Gasteiger partial charge in [-0.15, -0.1) is 11.3 Å². The van der Waals surface area contributed by atoms with Crippen LogP contribution in [0.1, 0.15) is 22.9 Å². The van der Waals surface area contributed by atoms with Crippen molar-refractivity contribution in [2.45, 2.75) is 6.17 Å². The van der Waals surface area contributed by atoms with E-state index in [9.17, 15) is 0 Å². The van der Waals surface area contributed by atoms with Gasteiger partial charge in [0.2, 0.25) is 0 Å². The molecule has 13 nitrogen and oxygen atoms in total. The summed E-state index contributed by atoms with van der Waals surface area (Å²) < 4.78 is 41.5. The highest BCUT2D eigenvalue weighted by molar-refractivity contribution is 7.26. The van der Waals surface area contributed by atoms with Gasteiger partial charge in [0.15, 0.2) is 34.5 Å². The van der Waals surface area contributed by atoms with Gasteiger partial charge in [-0.05, 0) is 150 Å². The Morgan fingerprint density at radius 3 is 1.54 bits per heavy atom. The maximum absolute atomic E-state index is 7.14. The van der Waals surface area contributed by atoms with Gasteiger partial charge < -0.3 is 36.5 Å². The Kier molecular flexibility index (Phi) is 13.1. The Morgan fingerprint density at radius 1 is 0.284 bits per heavy atom. The normalized spacial score (nSPS) is 13.6. The van der Waals surface area contributed by atoms with E-state index in [0.717, 1.165) is 186 Å². The molecule has 0 aliphatic carbocycles. The molecule has 1 aliphatic heterocycles. The summed E-state index contributed by atoms with van der Waals surface area (Å²) in [7, 11) is 0. The van der Waals surface area contributed by atoms with Gasteiger partial charge in [0, 0.05) is 136 Å². The molecule has 9 aromatic heterocycles. The smallest absolute Gasteiger partial charge is 0.178 e. The summed E-state index contributed by atoms with van der Waals surface area (Å²) in [5.74, 6) is 3.02. The van der Waals surface area contributed by atoms with Crippen molar-refractivity contribution in [2.75, 3.05) is 0 Å². The van der Waals surface area contributed by atoms with Gasteiger partial charge in [0.25, 0.3) is 0 Å². The highest BCUT2D eigenvalue weighted by Crippen LogP contribution is 2.48. The molecule has 1 unspecified atom stereocenters. The minimum absolute atomic E-state index is 0.527. The van der Waals surface area contributed by atoms with Crippen LogP contribution in [0.5, 0.6) is 0 Å². The van der Waals surface area contributed by atoms with E-state index in [0.29, 0.717) is 45.9 Å². The van der Waals surface area contributed by atoms with Crippen LogP contribution in [0.3, 0.4) is 0 Å². The van der Waals surface area contributed by atoms with Crippen LogP contribution in [0, 0.1) is 0 Å². The molecule has 1 aliphatic rings. The number of aromatic nitrogens is 5. The highest BCUT2D eigenvalue weighted by Gasteiger charge is 2.29. The predicted octanol–water partition coefficient (Wildman–Crippen LogP) is 27.1. The molecule has 540 valence electrons. The Morgan fingerprint density at radius 2 is 0.784 bits per heavy atom. The number of nitrogens with one attached hydrogen (secondary N) is 1. The van der Waals surface area contributed by atoms with E-state index in [1.807, 2.05) is 66.7 Å². The van der Waals surface area contributed by atoms with Crippen LogP contribution in [-0.4, -0.2) is 35.8 Å². The van der Waals surface area contributed by atoms with Crippen LogP contribution < -0.4 is 5.32 Å². The molecular formula is C102H56N8O5S. The molecule has 0 bridgehead atoms. The zero-order valence-electron chi connectivity index (χ0n) is 61.3. The van der Waals surface area contributed by atoms with Crippen LogP contribution in [0.25, 0.3) is 230 Å². The minimum atomic E-state index is -0.527. The zero-order valence-corrected chi connectivity index (χ0v) is 62.2. The number of thiophene rings is 1. The number of hydrogen-bond acceptors (Lipinski definition) is 12. The van der Waals surface area contributed by atoms with Crippen LogP contribution in [-0.2, 0) is 0 Å². The first-order chi connectivity index (χ1) is 57.4. The largest absolute Gasteiger partial charge is 0.456 e. The van der Waals surface area contributed by atoms with Crippen molar-refractivity contribution < 1.29 is 22.1 Å². The van der Waals surface area contributed by atoms with Crippen molar-refractivity contribution >= 4 is 196 Å². The molecule has 0 radical (unpaired) electrons. The molecule has 10 heterocycles. The predicted molar refractivity (Wildman–Crippen MR) is 471 cm³/mol. The lowest BCUT2D eigenvalue weighted by molar-refractivity contribution is 0.632. The summed E-state index contributed by atoms with van der Waals surface area (Å²) in [6.45, 7) is 0. The van der Waals surface area contributed by atoms with Gasteiger partial charge in [0.05, 0.1) is 33.0 Å². The summed E-state index contributed by atoms with van der Waals surface area (Å²) in [5, 5.41) is 20.5. The molecule has 0 saturated carbocycles. The molecule has 14 heteroatoms. The van der Waals surface area contributed by atoms with Gasteiger partial charge in [-0.2, -0.15) is 0 Å². The number of benzene rings is 16. The van der Waals surface area contributed by atoms with Gasteiger partial charge in [0.1, 0.15) is 56.7 Å². The van der Waals surface area contributed by atoms with Crippen LogP contribution in [0.4, 0.5) is 0 Å². The number of furan rings is 5. The third kappa shape index (κ3) is 9.29. The van der Waals surface area contributed by atoms with E-state index >= 15 is 0 Å². The number of nitrogens with zero attached hydrogens (tertiary/aromatic N) is 7. The maximum Gasteiger partial charge on any atom is 0.178 e. The Hall–Kier alpha value is -15.5. The number of fused-ring (bicyclic) bond motifs is 26. The summed E-state index contributed by atoms with van der Waals surface area (Å²) >= 11 is 1.76. The summed E-state index contributed by atoms with van der Waals surface area (Å²) in [6.07, 6.45) is -0.527. The highest BCUT2D eigenvalue weighted by atomic mass is 32.1. The second-order valence-electron chi connectivity index (χ2n) is 30.1. The minimum Gasteiger partial charge on any atom is -0.456 e. The Labute approximate surface area is 660 Å². The summed E-state index contributed by atoms with van der Waals surface area (Å²) in [6, 6.07) is 115. The van der Waals surface area contributed by atoms with Gasteiger partial charge >= 0.3 is 0 Å². The van der Waals surface area contributed by atoms with Crippen molar-refractivity contribution in [1.82, 2.24) is 29.4 Å². The average Bonchev–Trinajstić information content (AvgIpc) is 1.56. The average molecular weight is 1510 g/mol. The van der Waals surface area contributed by atoms with Crippen molar-refractivity contribution in [3.63, 3.8) is 0 Å². The second-order valence-corrected chi connectivity index (χ2v) is 31.1.